The second-order valence-corrected chi connectivity index (χ2v) is 5.82. The van der Waals surface area contributed by atoms with Gasteiger partial charge in [0.2, 0.25) is 0 Å². The second kappa shape index (κ2) is 9.35. The van der Waals surface area contributed by atoms with Gasteiger partial charge in [0.25, 0.3) is 5.91 Å². The Kier molecular flexibility index (Phi) is 6.90. The molecule has 0 fully saturated rings. The third-order valence-electron chi connectivity index (χ3n) is 3.29. The van der Waals surface area contributed by atoms with E-state index >= 15 is 0 Å². The van der Waals surface area contributed by atoms with Crippen molar-refractivity contribution in [2.75, 3.05) is 11.9 Å². The summed E-state index contributed by atoms with van der Waals surface area (Å²) in [5, 5.41) is 6.60. The van der Waals surface area contributed by atoms with Gasteiger partial charge in [0.1, 0.15) is 5.75 Å². The Balaban J connectivity index is 1.95. The Hall–Kier alpha value is -3.39. The van der Waals surface area contributed by atoms with Gasteiger partial charge in [0, 0.05) is 16.3 Å². The summed E-state index contributed by atoms with van der Waals surface area (Å²) in [6, 6.07) is 11.6. The largest absolute Gasteiger partial charge is 0.483 e. The Morgan fingerprint density at radius 1 is 1.19 bits per heavy atom. The molecule has 0 spiro atoms. The lowest BCUT2D eigenvalue weighted by molar-refractivity contribution is -0.136. The molecule has 0 heterocycles. The molecule has 2 aromatic rings. The number of carbonyl (C=O) groups excluding carboxylic acids is 3. The number of ether oxygens (including phenoxy) is 1. The van der Waals surface area contributed by atoms with E-state index in [0.29, 0.717) is 22.0 Å². The molecule has 0 unspecified atom stereocenters. The van der Waals surface area contributed by atoms with Crippen LogP contribution in [0.15, 0.2) is 47.6 Å². The van der Waals surface area contributed by atoms with Gasteiger partial charge < -0.3 is 15.8 Å². The van der Waals surface area contributed by atoms with Crippen molar-refractivity contribution in [1.82, 2.24) is 5.43 Å². The molecule has 8 nitrogen and oxygen atoms in total. The predicted molar refractivity (Wildman–Crippen MR) is 102 cm³/mol. The summed E-state index contributed by atoms with van der Waals surface area (Å²) in [4.78, 5) is 34.5. The average Bonchev–Trinajstić information content (AvgIpc) is 2.63. The first kappa shape index (κ1) is 19.9. The SMILES string of the molecule is Cc1ccc(NC(=O)C(=O)N/N=C\c2ccccc2OCC(N)=O)cc1Cl. The molecule has 140 valence electrons. The number of hydrogen-bond donors (Lipinski definition) is 3. The van der Waals surface area contributed by atoms with E-state index in [1.54, 1.807) is 36.4 Å². The van der Waals surface area contributed by atoms with Gasteiger partial charge in [-0.05, 0) is 36.8 Å². The smallest absolute Gasteiger partial charge is 0.329 e. The van der Waals surface area contributed by atoms with Gasteiger partial charge in [-0.2, -0.15) is 5.10 Å². The molecule has 27 heavy (non-hydrogen) atoms. The number of nitrogens with one attached hydrogen (secondary N) is 2. The highest BCUT2D eigenvalue weighted by Gasteiger charge is 2.13. The zero-order valence-electron chi connectivity index (χ0n) is 14.4. The maximum atomic E-state index is 11.9. The van der Waals surface area contributed by atoms with Crippen molar-refractivity contribution in [3.63, 3.8) is 0 Å². The number of nitrogens with two attached hydrogens (primary N) is 1. The third kappa shape index (κ3) is 6.12. The van der Waals surface area contributed by atoms with E-state index in [4.69, 9.17) is 22.1 Å². The molecular weight excluding hydrogens is 372 g/mol. The number of hydrogen-bond acceptors (Lipinski definition) is 5. The molecule has 0 aliphatic carbocycles. The van der Waals surface area contributed by atoms with Crippen molar-refractivity contribution in [2.45, 2.75) is 6.92 Å². The van der Waals surface area contributed by atoms with E-state index in [1.807, 2.05) is 6.92 Å². The van der Waals surface area contributed by atoms with Gasteiger partial charge in [0.05, 0.1) is 6.21 Å². The van der Waals surface area contributed by atoms with Gasteiger partial charge in [-0.25, -0.2) is 5.43 Å². The molecule has 0 radical (unpaired) electrons. The number of rotatable bonds is 6. The standard InChI is InChI=1S/C18H17ClN4O4/c1-11-6-7-13(8-14(11)19)22-17(25)18(26)23-21-9-12-4-2-3-5-15(12)27-10-16(20)24/h2-9H,10H2,1H3,(H2,20,24)(H,22,25)(H,23,26)/b21-9-. The monoisotopic (exact) mass is 388 g/mol. The Bertz CT molecular complexity index is 899. The van der Waals surface area contributed by atoms with Crippen LogP contribution in [0.1, 0.15) is 11.1 Å². The minimum absolute atomic E-state index is 0.293. The first-order chi connectivity index (χ1) is 12.9. The van der Waals surface area contributed by atoms with Crippen molar-refractivity contribution >= 4 is 41.2 Å². The normalized spacial score (nSPS) is 10.4. The molecule has 0 aliphatic rings. The average molecular weight is 389 g/mol. The van der Waals surface area contributed by atoms with Gasteiger partial charge in [-0.1, -0.05) is 29.8 Å². The van der Waals surface area contributed by atoms with Gasteiger partial charge in [-0.15, -0.1) is 0 Å². The zero-order chi connectivity index (χ0) is 19.8. The van der Waals surface area contributed by atoms with Crippen LogP contribution in [-0.4, -0.2) is 30.5 Å². The molecule has 0 saturated carbocycles. The molecule has 2 rings (SSSR count). The van der Waals surface area contributed by atoms with Crippen LogP contribution in [0.25, 0.3) is 0 Å². The summed E-state index contributed by atoms with van der Waals surface area (Å²) >= 11 is 5.97. The Labute approximate surface area is 160 Å². The number of primary amides is 1. The fraction of sp³-hybridized carbons (Fsp3) is 0.111. The van der Waals surface area contributed by atoms with Crippen molar-refractivity contribution < 1.29 is 19.1 Å². The molecule has 2 aromatic carbocycles. The number of hydrazone groups is 1. The van der Waals surface area contributed by atoms with Crippen LogP contribution in [0.5, 0.6) is 5.75 Å². The maximum absolute atomic E-state index is 11.9. The highest BCUT2D eigenvalue weighted by atomic mass is 35.5. The number of halogens is 1. The number of nitrogens with zero attached hydrogens (tertiary/aromatic N) is 1. The maximum Gasteiger partial charge on any atom is 0.329 e. The second-order valence-electron chi connectivity index (χ2n) is 5.41. The topological polar surface area (TPSA) is 123 Å². The van der Waals surface area contributed by atoms with Gasteiger partial charge >= 0.3 is 11.8 Å². The minimum Gasteiger partial charge on any atom is -0.483 e. The summed E-state index contributed by atoms with van der Waals surface area (Å²) in [6.07, 6.45) is 1.28. The number of aryl methyl sites for hydroxylation is 1. The van der Waals surface area contributed by atoms with E-state index in [9.17, 15) is 14.4 Å². The Morgan fingerprint density at radius 3 is 2.63 bits per heavy atom. The third-order valence-corrected chi connectivity index (χ3v) is 3.70. The molecule has 9 heteroatoms. The summed E-state index contributed by atoms with van der Waals surface area (Å²) in [5.74, 6) is -2.13. The van der Waals surface area contributed by atoms with Crippen LogP contribution < -0.4 is 21.2 Å². The fourth-order valence-corrected chi connectivity index (χ4v) is 2.12. The number of amides is 3. The van der Waals surface area contributed by atoms with E-state index in [0.717, 1.165) is 5.56 Å². The highest BCUT2D eigenvalue weighted by molar-refractivity contribution is 6.39. The summed E-state index contributed by atoms with van der Waals surface area (Å²) < 4.78 is 5.23. The zero-order valence-corrected chi connectivity index (χ0v) is 15.1. The van der Waals surface area contributed by atoms with Crippen LogP contribution in [0.4, 0.5) is 5.69 Å². The molecule has 4 N–H and O–H groups in total. The van der Waals surface area contributed by atoms with Crippen LogP contribution in [0.3, 0.4) is 0 Å². The number of anilines is 1. The minimum atomic E-state index is -0.960. The van der Waals surface area contributed by atoms with Gasteiger partial charge in [-0.3, -0.25) is 14.4 Å². The van der Waals surface area contributed by atoms with Crippen LogP contribution in [0, 0.1) is 6.92 Å². The summed E-state index contributed by atoms with van der Waals surface area (Å²) in [5.41, 5.74) is 8.87. The molecule has 0 bridgehead atoms. The number of para-hydroxylation sites is 1. The fourth-order valence-electron chi connectivity index (χ4n) is 1.94. The lowest BCUT2D eigenvalue weighted by Crippen LogP contribution is -2.32. The predicted octanol–water partition coefficient (Wildman–Crippen LogP) is 1.60. The van der Waals surface area contributed by atoms with Crippen molar-refractivity contribution in [3.05, 3.63) is 58.6 Å². The first-order valence-electron chi connectivity index (χ1n) is 7.77. The van der Waals surface area contributed by atoms with Crippen molar-refractivity contribution in [3.8, 4) is 5.75 Å². The molecular formula is C18H17ClN4O4. The van der Waals surface area contributed by atoms with E-state index < -0.39 is 17.7 Å². The molecule has 0 saturated heterocycles. The lowest BCUT2D eigenvalue weighted by Gasteiger charge is -2.07. The molecule has 0 aromatic heterocycles. The molecule has 3 amide bonds. The first-order valence-corrected chi connectivity index (χ1v) is 8.15. The van der Waals surface area contributed by atoms with Crippen LogP contribution in [-0.2, 0) is 14.4 Å². The van der Waals surface area contributed by atoms with Crippen molar-refractivity contribution in [2.24, 2.45) is 10.8 Å². The van der Waals surface area contributed by atoms with E-state index in [-0.39, 0.29) is 6.61 Å². The van der Waals surface area contributed by atoms with Crippen molar-refractivity contribution in [1.29, 1.82) is 0 Å². The summed E-state index contributed by atoms with van der Waals surface area (Å²) in [6.45, 7) is 1.53. The Morgan fingerprint density at radius 2 is 1.93 bits per heavy atom. The highest BCUT2D eigenvalue weighted by Crippen LogP contribution is 2.19. The molecule has 0 atom stereocenters. The summed E-state index contributed by atoms with van der Waals surface area (Å²) in [7, 11) is 0. The number of benzene rings is 2. The quantitative estimate of drug-likeness (QED) is 0.395. The van der Waals surface area contributed by atoms with E-state index in [1.165, 1.54) is 12.3 Å². The van der Waals surface area contributed by atoms with Gasteiger partial charge in [0.15, 0.2) is 6.61 Å². The number of carbonyl (C=O) groups is 3. The molecule has 0 aliphatic heterocycles. The van der Waals surface area contributed by atoms with Crippen LogP contribution >= 0.6 is 11.6 Å². The van der Waals surface area contributed by atoms with E-state index in [2.05, 4.69) is 15.8 Å². The van der Waals surface area contributed by atoms with Crippen LogP contribution in [0.2, 0.25) is 5.02 Å². The lowest BCUT2D eigenvalue weighted by atomic mass is 10.2.